The van der Waals surface area contributed by atoms with Crippen LogP contribution in [0.5, 0.6) is 0 Å². The molecule has 0 aromatic carbocycles. The first-order valence-electron chi connectivity index (χ1n) is 9.53. The van der Waals surface area contributed by atoms with Crippen LogP contribution in [-0.4, -0.2) is 50.6 Å². The van der Waals surface area contributed by atoms with E-state index in [1.165, 1.54) is 18.3 Å². The quantitative estimate of drug-likeness (QED) is 0.523. The smallest absolute Gasteiger partial charge is 0.232 e. The van der Waals surface area contributed by atoms with E-state index in [-0.39, 0.29) is 5.82 Å². The lowest BCUT2D eigenvalue weighted by Crippen LogP contribution is -2.36. The number of nitrogens with one attached hydrogen (secondary N) is 2. The van der Waals surface area contributed by atoms with E-state index < -0.39 is 0 Å². The summed E-state index contributed by atoms with van der Waals surface area (Å²) < 4.78 is 20.9. The molecule has 5 rings (SSSR count). The van der Waals surface area contributed by atoms with Crippen molar-refractivity contribution in [2.45, 2.75) is 0 Å². The van der Waals surface area contributed by atoms with E-state index in [0.29, 0.717) is 30.8 Å². The molecule has 2 N–H and O–H groups in total. The van der Waals surface area contributed by atoms with Crippen LogP contribution in [0.15, 0.2) is 55.1 Å². The number of halogens is 1. The number of pyridine rings is 2. The molecule has 0 bridgehead atoms. The molecule has 0 saturated carbocycles. The van der Waals surface area contributed by atoms with Gasteiger partial charge in [-0.15, -0.1) is 0 Å². The van der Waals surface area contributed by atoms with Gasteiger partial charge in [0.15, 0.2) is 0 Å². The fourth-order valence-corrected chi connectivity index (χ4v) is 3.23. The highest BCUT2D eigenvalue weighted by Gasteiger charge is 2.16. The Bertz CT molecular complexity index is 1170. The minimum Gasteiger partial charge on any atom is -0.378 e. The molecule has 5 heterocycles. The molecule has 152 valence electrons. The molecule has 10 heteroatoms. The summed E-state index contributed by atoms with van der Waals surface area (Å²) in [6, 6.07) is 8.33. The molecule has 0 atom stereocenters. The van der Waals surface area contributed by atoms with E-state index in [9.17, 15) is 4.39 Å². The van der Waals surface area contributed by atoms with Crippen LogP contribution in [0.1, 0.15) is 0 Å². The summed E-state index contributed by atoms with van der Waals surface area (Å²) in [6.07, 6.45) is 6.94. The van der Waals surface area contributed by atoms with Gasteiger partial charge in [-0.2, -0.15) is 9.97 Å². The van der Waals surface area contributed by atoms with Crippen LogP contribution in [0, 0.1) is 5.82 Å². The SMILES string of the molecule is Fc1ccnc(Nc2nc(Nc3ccn4ccnc4c3)cc(N3CCOCC3)n2)c1. The lowest BCUT2D eigenvalue weighted by atomic mass is 10.3. The molecular weight excluding hydrogens is 387 g/mol. The molecule has 1 aliphatic heterocycles. The van der Waals surface area contributed by atoms with Crippen LogP contribution < -0.4 is 15.5 Å². The van der Waals surface area contributed by atoms with E-state index in [0.717, 1.165) is 30.2 Å². The zero-order valence-corrected chi connectivity index (χ0v) is 16.0. The van der Waals surface area contributed by atoms with Crippen LogP contribution in [0.25, 0.3) is 5.65 Å². The maximum atomic E-state index is 13.5. The fourth-order valence-electron chi connectivity index (χ4n) is 3.23. The average Bonchev–Trinajstić information content (AvgIpc) is 3.22. The van der Waals surface area contributed by atoms with Gasteiger partial charge in [-0.3, -0.25) is 0 Å². The van der Waals surface area contributed by atoms with E-state index in [1.807, 2.05) is 35.0 Å². The van der Waals surface area contributed by atoms with Crippen LogP contribution >= 0.6 is 0 Å². The topological polar surface area (TPSA) is 92.5 Å². The van der Waals surface area contributed by atoms with Gasteiger partial charge in [-0.1, -0.05) is 0 Å². The second-order valence-electron chi connectivity index (χ2n) is 6.75. The Morgan fingerprint density at radius 2 is 1.80 bits per heavy atom. The van der Waals surface area contributed by atoms with Crippen LogP contribution in [0.2, 0.25) is 0 Å². The summed E-state index contributed by atoms with van der Waals surface area (Å²) in [5, 5.41) is 6.29. The Kier molecular flexibility index (Phi) is 4.81. The summed E-state index contributed by atoms with van der Waals surface area (Å²) >= 11 is 0. The van der Waals surface area contributed by atoms with Crippen LogP contribution in [0.3, 0.4) is 0 Å². The standard InChI is InChI=1S/C20H19FN8O/c21-14-1-3-22-16(11-14)25-20-26-17(13-19(27-20)29-7-9-30-10-8-29)24-15-2-5-28-6-4-23-18(28)12-15/h1-6,11-13H,7-10H2,(H2,22,24,25,26,27). The maximum Gasteiger partial charge on any atom is 0.232 e. The molecule has 0 unspecified atom stereocenters. The molecule has 4 aromatic rings. The molecule has 1 saturated heterocycles. The summed E-state index contributed by atoms with van der Waals surface area (Å²) in [6.45, 7) is 2.73. The Balaban J connectivity index is 1.47. The van der Waals surface area contributed by atoms with Crippen molar-refractivity contribution in [3.8, 4) is 0 Å². The highest BCUT2D eigenvalue weighted by atomic mass is 19.1. The zero-order chi connectivity index (χ0) is 20.3. The molecule has 0 radical (unpaired) electrons. The molecular formula is C20H19FN8O. The molecule has 1 aliphatic rings. The molecule has 1 fully saturated rings. The number of ether oxygens (including phenoxy) is 1. The number of rotatable bonds is 5. The predicted molar refractivity (Wildman–Crippen MR) is 111 cm³/mol. The third kappa shape index (κ3) is 3.98. The molecule has 30 heavy (non-hydrogen) atoms. The average molecular weight is 406 g/mol. The van der Waals surface area contributed by atoms with Gasteiger partial charge in [0.2, 0.25) is 5.95 Å². The van der Waals surface area contributed by atoms with Gasteiger partial charge < -0.3 is 24.7 Å². The van der Waals surface area contributed by atoms with Gasteiger partial charge in [-0.05, 0) is 12.1 Å². The lowest BCUT2D eigenvalue weighted by Gasteiger charge is -2.28. The number of anilines is 5. The second-order valence-corrected chi connectivity index (χ2v) is 6.75. The van der Waals surface area contributed by atoms with Crippen molar-refractivity contribution in [2.24, 2.45) is 0 Å². The van der Waals surface area contributed by atoms with Crippen LogP contribution in [-0.2, 0) is 4.74 Å². The lowest BCUT2D eigenvalue weighted by molar-refractivity contribution is 0.122. The van der Waals surface area contributed by atoms with Gasteiger partial charge in [-0.25, -0.2) is 14.4 Å². The first-order chi connectivity index (χ1) is 14.7. The molecule has 0 spiro atoms. The Morgan fingerprint density at radius 3 is 2.67 bits per heavy atom. The van der Waals surface area contributed by atoms with Gasteiger partial charge in [0.05, 0.1) is 13.2 Å². The van der Waals surface area contributed by atoms with Crippen molar-refractivity contribution in [2.75, 3.05) is 41.8 Å². The van der Waals surface area contributed by atoms with Gasteiger partial charge in [0, 0.05) is 61.8 Å². The molecule has 9 nitrogen and oxygen atoms in total. The van der Waals surface area contributed by atoms with Crippen molar-refractivity contribution in [1.29, 1.82) is 0 Å². The van der Waals surface area contributed by atoms with Crippen molar-refractivity contribution in [1.82, 2.24) is 24.3 Å². The van der Waals surface area contributed by atoms with Crippen molar-refractivity contribution in [3.05, 3.63) is 60.9 Å². The summed E-state index contributed by atoms with van der Waals surface area (Å²) in [7, 11) is 0. The van der Waals surface area contributed by atoms with Crippen LogP contribution in [0.4, 0.5) is 33.5 Å². The normalized spacial score (nSPS) is 14.1. The number of aromatic nitrogens is 5. The van der Waals surface area contributed by atoms with Crippen molar-refractivity contribution < 1.29 is 9.13 Å². The Hall–Kier alpha value is -3.79. The summed E-state index contributed by atoms with van der Waals surface area (Å²) in [4.78, 5) is 19.7. The van der Waals surface area contributed by atoms with E-state index in [4.69, 9.17) is 4.74 Å². The first-order valence-corrected chi connectivity index (χ1v) is 9.53. The highest BCUT2D eigenvalue weighted by molar-refractivity contribution is 5.65. The number of nitrogens with zero attached hydrogens (tertiary/aromatic N) is 6. The first kappa shape index (κ1) is 18.3. The maximum absolute atomic E-state index is 13.5. The molecule has 0 aliphatic carbocycles. The fraction of sp³-hybridized carbons (Fsp3) is 0.200. The Labute approximate surface area is 171 Å². The van der Waals surface area contributed by atoms with E-state index in [1.54, 1.807) is 6.20 Å². The van der Waals surface area contributed by atoms with E-state index in [2.05, 4.69) is 35.5 Å². The zero-order valence-electron chi connectivity index (χ0n) is 16.0. The van der Waals surface area contributed by atoms with E-state index >= 15 is 0 Å². The summed E-state index contributed by atoms with van der Waals surface area (Å²) in [5.74, 6) is 1.61. The minimum absolute atomic E-state index is 0.321. The third-order valence-electron chi connectivity index (χ3n) is 4.68. The number of hydrogen-bond donors (Lipinski definition) is 2. The predicted octanol–water partition coefficient (Wildman–Crippen LogP) is 2.98. The third-order valence-corrected chi connectivity index (χ3v) is 4.68. The number of morpholine rings is 1. The molecule has 0 amide bonds. The number of imidazole rings is 1. The monoisotopic (exact) mass is 406 g/mol. The van der Waals surface area contributed by atoms with Gasteiger partial charge in [0.25, 0.3) is 0 Å². The minimum atomic E-state index is -0.386. The largest absolute Gasteiger partial charge is 0.378 e. The van der Waals surface area contributed by atoms with Crippen molar-refractivity contribution >= 4 is 34.7 Å². The number of fused-ring (bicyclic) bond motifs is 1. The molecule has 4 aromatic heterocycles. The van der Waals surface area contributed by atoms with Gasteiger partial charge in [0.1, 0.15) is 28.9 Å². The van der Waals surface area contributed by atoms with Gasteiger partial charge >= 0.3 is 0 Å². The number of hydrogen-bond acceptors (Lipinski definition) is 8. The Morgan fingerprint density at radius 1 is 0.900 bits per heavy atom. The highest BCUT2D eigenvalue weighted by Crippen LogP contribution is 2.24. The second kappa shape index (κ2) is 7.91. The summed E-state index contributed by atoms with van der Waals surface area (Å²) in [5.41, 5.74) is 1.67. The van der Waals surface area contributed by atoms with Crippen molar-refractivity contribution in [3.63, 3.8) is 0 Å².